The second-order valence-corrected chi connectivity index (χ2v) is 6.27. The normalized spacial score (nSPS) is 12.7. The molecule has 1 aliphatic carbocycles. The molecule has 2 aromatic rings. The van der Waals surface area contributed by atoms with Crippen LogP contribution < -0.4 is 28.8 Å². The molecule has 4 heteroatoms. The molecule has 96 valence electrons. The summed E-state index contributed by atoms with van der Waals surface area (Å²) in [6.45, 7) is 6.29. The fraction of sp³-hybridized carbons (Fsp3) is 0.0667. The summed E-state index contributed by atoms with van der Waals surface area (Å²) in [5, 5.41) is 1.35. The summed E-state index contributed by atoms with van der Waals surface area (Å²) in [5.41, 5.74) is 3.84. The van der Waals surface area contributed by atoms with Crippen molar-refractivity contribution in [2.24, 2.45) is 0 Å². The maximum Gasteiger partial charge on any atom is -1.00 e. The Kier molecular flexibility index (Phi) is 5.70. The molecule has 19 heavy (non-hydrogen) atoms. The molecular weight excluding hydrogens is 313 g/mol. The van der Waals surface area contributed by atoms with E-state index in [1.165, 1.54) is 29.9 Å². The summed E-state index contributed by atoms with van der Waals surface area (Å²) < 4.78 is 2.85. The molecule has 0 aliphatic heterocycles. The van der Waals surface area contributed by atoms with Crippen LogP contribution in [0.1, 0.15) is 5.56 Å². The van der Waals surface area contributed by atoms with E-state index < -0.39 is 0 Å². The molecule has 1 aromatic carbocycles. The minimum Gasteiger partial charge on any atom is -1.00 e. The fourth-order valence-electron chi connectivity index (χ4n) is 2.12. The van der Waals surface area contributed by atoms with Crippen LogP contribution >= 0.6 is 0 Å². The predicted octanol–water partition coefficient (Wildman–Crippen LogP) is -2.80. The molecule has 0 saturated heterocycles. The molecule has 0 amide bonds. The zero-order valence-electron chi connectivity index (χ0n) is 10.5. The predicted molar refractivity (Wildman–Crippen MR) is 69.0 cm³/mol. The summed E-state index contributed by atoms with van der Waals surface area (Å²) in [7, 11) is 0. The van der Waals surface area contributed by atoms with E-state index >= 15 is 0 Å². The number of fused-ring (bicyclic) bond motifs is 1. The summed E-state index contributed by atoms with van der Waals surface area (Å²) in [5.74, 6) is 0. The number of halogens is 2. The number of aromatic amines is 1. The van der Waals surface area contributed by atoms with Gasteiger partial charge >= 0.3 is 110 Å². The number of hydrogen-bond acceptors (Lipinski definition) is 0. The first-order valence-corrected chi connectivity index (χ1v) is 7.24. The van der Waals surface area contributed by atoms with Gasteiger partial charge in [0.25, 0.3) is 0 Å². The molecule has 1 nitrogen and oxygen atoms in total. The largest absolute Gasteiger partial charge is 1.00 e. The van der Waals surface area contributed by atoms with Crippen molar-refractivity contribution < 1.29 is 44.0 Å². The van der Waals surface area contributed by atoms with Crippen molar-refractivity contribution in [1.29, 1.82) is 0 Å². The molecule has 0 radical (unpaired) electrons. The Balaban J connectivity index is 0.000000902. The van der Waals surface area contributed by atoms with Gasteiger partial charge in [0.15, 0.2) is 0 Å². The van der Waals surface area contributed by atoms with Crippen molar-refractivity contribution >= 4 is 14.9 Å². The van der Waals surface area contributed by atoms with E-state index in [4.69, 9.17) is 0 Å². The number of rotatable bonds is 2. The topological polar surface area (TPSA) is 15.8 Å². The van der Waals surface area contributed by atoms with Gasteiger partial charge in [0.05, 0.1) is 0 Å². The third kappa shape index (κ3) is 3.06. The van der Waals surface area contributed by atoms with E-state index in [0.29, 0.717) is 0 Å². The number of nitrogens with one attached hydrogen (secondary N) is 1. The zero-order valence-corrected chi connectivity index (χ0v) is 13.6. The van der Waals surface area contributed by atoms with Crippen LogP contribution in [0.15, 0.2) is 58.5 Å². The fourth-order valence-corrected chi connectivity index (χ4v) is 4.01. The minimum atomic E-state index is -0.291. The van der Waals surface area contributed by atoms with E-state index in [1.807, 2.05) is 0 Å². The second kappa shape index (κ2) is 6.63. The van der Waals surface area contributed by atoms with Crippen molar-refractivity contribution in [2.75, 3.05) is 0 Å². The molecule has 0 saturated carbocycles. The molecule has 0 bridgehead atoms. The van der Waals surface area contributed by atoms with Crippen LogP contribution in [-0.2, 0) is 19.2 Å². The Morgan fingerprint density at radius 2 is 1.89 bits per heavy atom. The monoisotopic (exact) mass is 325 g/mol. The summed E-state index contributed by atoms with van der Waals surface area (Å²) in [6.07, 6.45) is 6.39. The average Bonchev–Trinajstić information content (AvgIpc) is 2.87. The Hall–Kier alpha value is -0.726. The van der Waals surface area contributed by atoms with Crippen LogP contribution in [-0.4, -0.2) is 4.98 Å². The molecule has 3 rings (SSSR count). The van der Waals surface area contributed by atoms with Crippen molar-refractivity contribution in [3.05, 3.63) is 64.1 Å². The number of para-hydroxylation sites is 1. The van der Waals surface area contributed by atoms with E-state index in [9.17, 15) is 0 Å². The van der Waals surface area contributed by atoms with Crippen molar-refractivity contribution in [3.8, 4) is 0 Å². The molecule has 1 heterocycles. The molecule has 0 spiro atoms. The number of aryl methyl sites for hydroxylation is 1. The van der Waals surface area contributed by atoms with Crippen LogP contribution in [0.2, 0.25) is 0 Å². The Morgan fingerprint density at radius 1 is 1.16 bits per heavy atom. The molecule has 0 fully saturated rings. The van der Waals surface area contributed by atoms with E-state index in [-0.39, 0.29) is 44.0 Å². The third-order valence-electron chi connectivity index (χ3n) is 3.13. The van der Waals surface area contributed by atoms with Gasteiger partial charge in [0.1, 0.15) is 0 Å². The molecule has 1 N–H and O–H groups in total. The average molecular weight is 326 g/mol. The molecular formula is C15H13Cl2NTi. The number of hydrogen-bond donors (Lipinski definition) is 1. The standard InChI is InChI=1S/C9H8N.C6H5.2ClH.Ti/c1-7-6-10-9-5-3-2-4-8(7)9;1-6-4-2-3-5-6;;;/h2-5,10H,1H3;2-4H,1H2;2*1H;/q;;;;+2/p-2. The molecule has 1 aliphatic rings. The number of benzene rings is 1. The minimum absolute atomic E-state index is 0. The van der Waals surface area contributed by atoms with Crippen molar-refractivity contribution in [3.63, 3.8) is 0 Å². The van der Waals surface area contributed by atoms with Gasteiger partial charge in [-0.05, 0) is 0 Å². The first kappa shape index (κ1) is 16.3. The number of allylic oxidation sites excluding steroid dienone is 5. The maximum atomic E-state index is 4.08. The van der Waals surface area contributed by atoms with E-state index in [1.54, 1.807) is 0 Å². The smallest absolute Gasteiger partial charge is 1.00 e. The van der Waals surface area contributed by atoms with Crippen LogP contribution in [0.5, 0.6) is 0 Å². The SMILES string of the molecule is C=C1C=CC=[C]1[Ti+2][c]1[nH]c2ccccc2c1C.[Cl-].[Cl-]. The zero-order chi connectivity index (χ0) is 11.8. The van der Waals surface area contributed by atoms with Gasteiger partial charge in [-0.3, -0.25) is 0 Å². The van der Waals surface area contributed by atoms with Gasteiger partial charge in [0.2, 0.25) is 0 Å². The molecule has 0 atom stereocenters. The Labute approximate surface area is 134 Å². The van der Waals surface area contributed by atoms with Gasteiger partial charge < -0.3 is 24.8 Å². The Morgan fingerprint density at radius 3 is 2.53 bits per heavy atom. The van der Waals surface area contributed by atoms with Crippen molar-refractivity contribution in [1.82, 2.24) is 4.98 Å². The van der Waals surface area contributed by atoms with Crippen LogP contribution in [0, 0.1) is 6.92 Å². The quantitative estimate of drug-likeness (QED) is 0.574. The number of H-pyrrole nitrogens is 1. The van der Waals surface area contributed by atoms with Crippen LogP contribution in [0.25, 0.3) is 10.9 Å². The maximum absolute atomic E-state index is 4.08. The first-order valence-electron chi connectivity index (χ1n) is 5.67. The molecule has 1 aromatic heterocycles. The Bertz CT molecular complexity index is 668. The molecule has 0 unspecified atom stereocenters. The summed E-state index contributed by atoms with van der Waals surface area (Å²) in [6, 6.07) is 8.51. The number of aromatic nitrogens is 1. The van der Waals surface area contributed by atoms with Crippen LogP contribution in [0.4, 0.5) is 0 Å². The van der Waals surface area contributed by atoms with E-state index in [0.717, 1.165) is 0 Å². The van der Waals surface area contributed by atoms with Gasteiger partial charge in [-0.2, -0.15) is 0 Å². The van der Waals surface area contributed by atoms with Gasteiger partial charge in [0, 0.05) is 0 Å². The second-order valence-electron chi connectivity index (χ2n) is 4.26. The van der Waals surface area contributed by atoms with E-state index in [2.05, 4.69) is 61.0 Å². The third-order valence-corrected chi connectivity index (χ3v) is 5.49. The van der Waals surface area contributed by atoms with Gasteiger partial charge in [-0.1, -0.05) is 0 Å². The summed E-state index contributed by atoms with van der Waals surface area (Å²) in [4.78, 5) is 3.56. The van der Waals surface area contributed by atoms with Gasteiger partial charge in [-0.25, -0.2) is 0 Å². The van der Waals surface area contributed by atoms with Crippen molar-refractivity contribution in [2.45, 2.75) is 6.92 Å². The summed E-state index contributed by atoms with van der Waals surface area (Å²) >= 11 is -0.291. The van der Waals surface area contributed by atoms with Gasteiger partial charge in [-0.15, -0.1) is 0 Å². The first-order chi connectivity index (χ1) is 8.25. The van der Waals surface area contributed by atoms with Crippen LogP contribution in [0.3, 0.4) is 0 Å².